The summed E-state index contributed by atoms with van der Waals surface area (Å²) in [6, 6.07) is 0.445. The fraction of sp³-hybridized carbons (Fsp3) is 0.667. The SMILES string of the molecule is CCNC(Cc1ncncc1I)C(C)(C)C. The second-order valence-electron chi connectivity index (χ2n) is 5.00. The van der Waals surface area contributed by atoms with Gasteiger partial charge in [-0.25, -0.2) is 9.97 Å². The molecule has 1 rings (SSSR count). The van der Waals surface area contributed by atoms with Gasteiger partial charge in [-0.3, -0.25) is 0 Å². The summed E-state index contributed by atoms with van der Waals surface area (Å²) in [6.07, 6.45) is 4.45. The third-order valence-corrected chi connectivity index (χ3v) is 3.54. The summed E-state index contributed by atoms with van der Waals surface area (Å²) in [5.74, 6) is 0. The van der Waals surface area contributed by atoms with E-state index in [1.165, 1.54) is 0 Å². The van der Waals surface area contributed by atoms with E-state index in [-0.39, 0.29) is 5.41 Å². The minimum Gasteiger partial charge on any atom is -0.313 e. The quantitative estimate of drug-likeness (QED) is 0.861. The molecule has 1 atom stereocenters. The first-order chi connectivity index (χ1) is 7.45. The van der Waals surface area contributed by atoms with Crippen molar-refractivity contribution in [3.05, 3.63) is 21.8 Å². The molecule has 0 radical (unpaired) electrons. The molecule has 1 aromatic heterocycles. The molecule has 3 nitrogen and oxygen atoms in total. The molecular weight excluding hydrogens is 313 g/mol. The Labute approximate surface area is 112 Å². The molecule has 1 heterocycles. The first-order valence-electron chi connectivity index (χ1n) is 5.63. The number of nitrogens with one attached hydrogen (secondary N) is 1. The standard InChI is InChI=1S/C12H20IN3/c1-5-15-11(12(2,3)4)6-10-9(13)7-14-8-16-10/h7-8,11,15H,5-6H2,1-4H3. The molecule has 0 aliphatic carbocycles. The van der Waals surface area contributed by atoms with Gasteiger partial charge < -0.3 is 5.32 Å². The van der Waals surface area contributed by atoms with Gasteiger partial charge in [0, 0.05) is 18.7 Å². The van der Waals surface area contributed by atoms with Crippen LogP contribution in [0.15, 0.2) is 12.5 Å². The molecule has 0 saturated heterocycles. The molecule has 16 heavy (non-hydrogen) atoms. The number of hydrogen-bond acceptors (Lipinski definition) is 3. The van der Waals surface area contributed by atoms with Crippen LogP contribution in [0.25, 0.3) is 0 Å². The Morgan fingerprint density at radius 2 is 2.12 bits per heavy atom. The third-order valence-electron chi connectivity index (χ3n) is 2.64. The first-order valence-corrected chi connectivity index (χ1v) is 6.70. The predicted molar refractivity (Wildman–Crippen MR) is 75.4 cm³/mol. The fourth-order valence-electron chi connectivity index (χ4n) is 1.61. The van der Waals surface area contributed by atoms with Gasteiger partial charge in [-0.1, -0.05) is 27.7 Å². The van der Waals surface area contributed by atoms with E-state index >= 15 is 0 Å². The maximum atomic E-state index is 4.36. The molecular formula is C12H20IN3. The minimum atomic E-state index is 0.240. The molecule has 0 aliphatic rings. The fourth-order valence-corrected chi connectivity index (χ4v) is 2.13. The van der Waals surface area contributed by atoms with Gasteiger partial charge in [-0.05, 0) is 34.6 Å². The zero-order valence-corrected chi connectivity index (χ0v) is 12.6. The third kappa shape index (κ3) is 3.97. The highest BCUT2D eigenvalue weighted by Crippen LogP contribution is 2.23. The van der Waals surface area contributed by atoms with Gasteiger partial charge >= 0.3 is 0 Å². The van der Waals surface area contributed by atoms with E-state index in [0.717, 1.165) is 22.2 Å². The van der Waals surface area contributed by atoms with Gasteiger partial charge in [0.25, 0.3) is 0 Å². The van der Waals surface area contributed by atoms with E-state index < -0.39 is 0 Å². The monoisotopic (exact) mass is 333 g/mol. The van der Waals surface area contributed by atoms with Crippen molar-refractivity contribution in [2.75, 3.05) is 6.54 Å². The van der Waals surface area contributed by atoms with Crippen LogP contribution in [0.2, 0.25) is 0 Å². The lowest BCUT2D eigenvalue weighted by atomic mass is 9.84. The molecule has 4 heteroatoms. The van der Waals surface area contributed by atoms with Gasteiger partial charge in [0.15, 0.2) is 0 Å². The number of aromatic nitrogens is 2. The maximum Gasteiger partial charge on any atom is 0.115 e. The Morgan fingerprint density at radius 1 is 1.44 bits per heavy atom. The highest BCUT2D eigenvalue weighted by molar-refractivity contribution is 14.1. The second kappa shape index (κ2) is 5.91. The van der Waals surface area contributed by atoms with Crippen LogP contribution < -0.4 is 5.32 Å². The molecule has 1 N–H and O–H groups in total. The molecule has 0 aromatic carbocycles. The van der Waals surface area contributed by atoms with E-state index in [1.54, 1.807) is 6.33 Å². The van der Waals surface area contributed by atoms with E-state index in [4.69, 9.17) is 0 Å². The molecule has 0 bridgehead atoms. The van der Waals surface area contributed by atoms with Crippen LogP contribution in [0.3, 0.4) is 0 Å². The molecule has 1 unspecified atom stereocenters. The van der Waals surface area contributed by atoms with Crippen LogP contribution in [0.4, 0.5) is 0 Å². The summed E-state index contributed by atoms with van der Waals surface area (Å²) in [7, 11) is 0. The summed E-state index contributed by atoms with van der Waals surface area (Å²) in [4.78, 5) is 8.38. The van der Waals surface area contributed by atoms with Crippen molar-refractivity contribution in [3.8, 4) is 0 Å². The number of rotatable bonds is 4. The van der Waals surface area contributed by atoms with Crippen LogP contribution in [0.1, 0.15) is 33.4 Å². The topological polar surface area (TPSA) is 37.8 Å². The summed E-state index contributed by atoms with van der Waals surface area (Å²) in [5.41, 5.74) is 1.38. The van der Waals surface area contributed by atoms with Crippen molar-refractivity contribution in [1.29, 1.82) is 0 Å². The lowest BCUT2D eigenvalue weighted by molar-refractivity contribution is 0.268. The summed E-state index contributed by atoms with van der Waals surface area (Å²) >= 11 is 2.30. The first kappa shape index (κ1) is 13.8. The van der Waals surface area contributed by atoms with E-state index in [2.05, 4.69) is 65.6 Å². The normalized spacial score (nSPS) is 13.8. The van der Waals surface area contributed by atoms with Crippen molar-refractivity contribution >= 4 is 22.6 Å². The largest absolute Gasteiger partial charge is 0.313 e. The smallest absolute Gasteiger partial charge is 0.115 e. The molecule has 0 saturated carbocycles. The van der Waals surface area contributed by atoms with E-state index in [0.29, 0.717) is 6.04 Å². The van der Waals surface area contributed by atoms with Crippen LogP contribution in [0, 0.1) is 8.99 Å². The zero-order valence-electron chi connectivity index (χ0n) is 10.4. The van der Waals surface area contributed by atoms with Crippen molar-refractivity contribution in [1.82, 2.24) is 15.3 Å². The Bertz CT molecular complexity index is 333. The highest BCUT2D eigenvalue weighted by Gasteiger charge is 2.24. The van der Waals surface area contributed by atoms with Gasteiger partial charge in [-0.15, -0.1) is 0 Å². The van der Waals surface area contributed by atoms with Crippen LogP contribution >= 0.6 is 22.6 Å². The zero-order chi connectivity index (χ0) is 12.2. The van der Waals surface area contributed by atoms with E-state index in [1.807, 2.05) is 6.20 Å². The molecule has 0 amide bonds. The van der Waals surface area contributed by atoms with Crippen LogP contribution in [0.5, 0.6) is 0 Å². The predicted octanol–water partition coefficient (Wildman–Crippen LogP) is 2.65. The summed E-state index contributed by atoms with van der Waals surface area (Å²) in [6.45, 7) is 9.91. The van der Waals surface area contributed by atoms with Crippen molar-refractivity contribution in [3.63, 3.8) is 0 Å². The number of likely N-dealkylation sites (N-methyl/N-ethyl adjacent to an activating group) is 1. The number of nitrogens with zero attached hydrogens (tertiary/aromatic N) is 2. The van der Waals surface area contributed by atoms with E-state index in [9.17, 15) is 0 Å². The van der Waals surface area contributed by atoms with Gasteiger partial charge in [-0.2, -0.15) is 0 Å². The highest BCUT2D eigenvalue weighted by atomic mass is 127. The average molecular weight is 333 g/mol. The molecule has 0 spiro atoms. The summed E-state index contributed by atoms with van der Waals surface area (Å²) < 4.78 is 1.15. The Kier molecular flexibility index (Phi) is 5.11. The molecule has 0 fully saturated rings. The van der Waals surface area contributed by atoms with Crippen LogP contribution in [-0.4, -0.2) is 22.6 Å². The second-order valence-corrected chi connectivity index (χ2v) is 6.16. The molecule has 90 valence electrons. The molecule has 1 aromatic rings. The van der Waals surface area contributed by atoms with Crippen molar-refractivity contribution in [2.24, 2.45) is 5.41 Å². The maximum absolute atomic E-state index is 4.36. The average Bonchev–Trinajstić information content (AvgIpc) is 2.19. The number of hydrogen-bond donors (Lipinski definition) is 1. The minimum absolute atomic E-state index is 0.240. The van der Waals surface area contributed by atoms with Crippen molar-refractivity contribution in [2.45, 2.75) is 40.2 Å². The van der Waals surface area contributed by atoms with Gasteiger partial charge in [0.1, 0.15) is 6.33 Å². The lowest BCUT2D eigenvalue weighted by Gasteiger charge is -2.31. The summed E-state index contributed by atoms with van der Waals surface area (Å²) in [5, 5.41) is 3.53. The van der Waals surface area contributed by atoms with Crippen LogP contribution in [-0.2, 0) is 6.42 Å². The Morgan fingerprint density at radius 3 is 2.62 bits per heavy atom. The lowest BCUT2D eigenvalue weighted by Crippen LogP contribution is -2.42. The van der Waals surface area contributed by atoms with Gasteiger partial charge in [0.2, 0.25) is 0 Å². The van der Waals surface area contributed by atoms with Gasteiger partial charge in [0.05, 0.1) is 9.26 Å². The number of halogens is 1. The Balaban J connectivity index is 2.80. The van der Waals surface area contributed by atoms with Crippen molar-refractivity contribution < 1.29 is 0 Å². The Hall–Kier alpha value is -0.230. The molecule has 0 aliphatic heterocycles.